The second-order valence-electron chi connectivity index (χ2n) is 3.47. The summed E-state index contributed by atoms with van der Waals surface area (Å²) in [5.41, 5.74) is 5.16. The van der Waals surface area contributed by atoms with Gasteiger partial charge in [0, 0.05) is 0 Å². The van der Waals surface area contributed by atoms with Gasteiger partial charge in [0.2, 0.25) is 5.91 Å². The predicted molar refractivity (Wildman–Crippen MR) is 62.5 cm³/mol. The number of hydrogen-bond donors (Lipinski definition) is 2. The molecule has 100 valence electrons. The number of alkyl halides is 3. The molecule has 1 amide bonds. The Bertz CT molecular complexity index is 451. The number of primary amides is 1. The molecule has 1 aromatic rings. The largest absolute Gasteiger partial charge is 0.401 e. The molecule has 0 spiro atoms. The highest BCUT2D eigenvalue weighted by molar-refractivity contribution is 6.42. The number of nitrogens with two attached hydrogens (primary N) is 1. The average molecular weight is 301 g/mol. The van der Waals surface area contributed by atoms with E-state index < -0.39 is 24.7 Å². The number of amides is 1. The second kappa shape index (κ2) is 5.77. The van der Waals surface area contributed by atoms with Crippen molar-refractivity contribution in [1.82, 2.24) is 5.32 Å². The van der Waals surface area contributed by atoms with Gasteiger partial charge in [-0.25, -0.2) is 0 Å². The summed E-state index contributed by atoms with van der Waals surface area (Å²) in [6.07, 6.45) is -4.46. The molecule has 0 saturated heterocycles. The first-order valence-electron chi connectivity index (χ1n) is 4.75. The van der Waals surface area contributed by atoms with Gasteiger partial charge < -0.3 is 5.73 Å². The smallest absolute Gasteiger partial charge is 0.368 e. The van der Waals surface area contributed by atoms with E-state index in [1.807, 2.05) is 5.32 Å². The molecular weight excluding hydrogens is 292 g/mol. The highest BCUT2D eigenvalue weighted by Gasteiger charge is 2.30. The monoisotopic (exact) mass is 300 g/mol. The maximum absolute atomic E-state index is 12.1. The van der Waals surface area contributed by atoms with Crippen LogP contribution in [-0.2, 0) is 4.79 Å². The normalized spacial score (nSPS) is 13.4. The van der Waals surface area contributed by atoms with Crippen LogP contribution in [-0.4, -0.2) is 18.6 Å². The Kier molecular flexibility index (Phi) is 4.84. The summed E-state index contributed by atoms with van der Waals surface area (Å²) >= 11 is 11.5. The van der Waals surface area contributed by atoms with Crippen LogP contribution in [0.5, 0.6) is 0 Å². The van der Waals surface area contributed by atoms with Crippen molar-refractivity contribution >= 4 is 29.1 Å². The molecule has 0 fully saturated rings. The lowest BCUT2D eigenvalue weighted by molar-refractivity contribution is -0.130. The first-order chi connectivity index (χ1) is 8.22. The van der Waals surface area contributed by atoms with Crippen molar-refractivity contribution in [3.8, 4) is 0 Å². The van der Waals surface area contributed by atoms with Gasteiger partial charge in [-0.05, 0) is 11.6 Å². The van der Waals surface area contributed by atoms with E-state index in [0.717, 1.165) is 0 Å². The number of carbonyl (C=O) groups excluding carboxylic acids is 1. The molecule has 0 aromatic heterocycles. The van der Waals surface area contributed by atoms with Crippen molar-refractivity contribution < 1.29 is 18.0 Å². The fourth-order valence-electron chi connectivity index (χ4n) is 1.33. The minimum absolute atomic E-state index is 0.00218. The first kappa shape index (κ1) is 15.1. The molecule has 0 bridgehead atoms. The minimum Gasteiger partial charge on any atom is -0.368 e. The predicted octanol–water partition coefficient (Wildman–Crippen LogP) is 2.67. The third-order valence-electron chi connectivity index (χ3n) is 2.08. The summed E-state index contributed by atoms with van der Waals surface area (Å²) in [4.78, 5) is 11.2. The first-order valence-corrected chi connectivity index (χ1v) is 5.51. The van der Waals surface area contributed by atoms with Crippen molar-refractivity contribution in [2.45, 2.75) is 12.2 Å². The minimum atomic E-state index is -4.46. The van der Waals surface area contributed by atoms with Crippen LogP contribution in [0.4, 0.5) is 13.2 Å². The van der Waals surface area contributed by atoms with Crippen molar-refractivity contribution in [2.75, 3.05) is 6.54 Å². The number of hydrogen-bond acceptors (Lipinski definition) is 2. The van der Waals surface area contributed by atoms with E-state index in [1.54, 1.807) is 0 Å². The van der Waals surface area contributed by atoms with E-state index in [9.17, 15) is 18.0 Å². The fourth-order valence-corrected chi connectivity index (χ4v) is 1.74. The summed E-state index contributed by atoms with van der Waals surface area (Å²) in [7, 11) is 0. The van der Waals surface area contributed by atoms with Gasteiger partial charge in [-0.2, -0.15) is 13.2 Å². The molecule has 8 heteroatoms. The Labute approximate surface area is 111 Å². The molecule has 1 unspecified atom stereocenters. The van der Waals surface area contributed by atoms with E-state index >= 15 is 0 Å². The molecular formula is C10H9Cl2F3N2O. The lowest BCUT2D eigenvalue weighted by atomic mass is 10.1. The third-order valence-corrected chi connectivity index (χ3v) is 2.92. The van der Waals surface area contributed by atoms with Crippen LogP contribution in [0, 0.1) is 0 Å². The van der Waals surface area contributed by atoms with Crippen LogP contribution in [0.1, 0.15) is 11.6 Å². The Morgan fingerprint density at radius 2 is 2.00 bits per heavy atom. The van der Waals surface area contributed by atoms with Gasteiger partial charge in [-0.1, -0.05) is 35.3 Å². The zero-order valence-corrected chi connectivity index (χ0v) is 10.4. The summed E-state index contributed by atoms with van der Waals surface area (Å²) in [6, 6.07) is 2.95. The molecule has 0 radical (unpaired) electrons. The van der Waals surface area contributed by atoms with Crippen molar-refractivity contribution in [3.05, 3.63) is 33.8 Å². The highest BCUT2D eigenvalue weighted by Crippen LogP contribution is 2.30. The molecule has 18 heavy (non-hydrogen) atoms. The van der Waals surface area contributed by atoms with Gasteiger partial charge in [0.25, 0.3) is 0 Å². The van der Waals surface area contributed by atoms with Crippen molar-refractivity contribution in [3.63, 3.8) is 0 Å². The standard InChI is InChI=1S/C10H9Cl2F3N2O/c11-6-3-1-2-5(7(6)12)8(9(16)18)17-4-10(13,14)15/h1-3,8,17H,4H2,(H2,16,18). The van der Waals surface area contributed by atoms with Gasteiger partial charge >= 0.3 is 6.18 Å². The number of benzene rings is 1. The molecule has 0 aliphatic carbocycles. The lowest BCUT2D eigenvalue weighted by Crippen LogP contribution is -2.39. The molecule has 0 saturated carbocycles. The maximum Gasteiger partial charge on any atom is 0.401 e. The molecule has 3 nitrogen and oxygen atoms in total. The molecule has 1 aromatic carbocycles. The van der Waals surface area contributed by atoms with Gasteiger partial charge in [0.15, 0.2) is 0 Å². The molecule has 0 heterocycles. The van der Waals surface area contributed by atoms with E-state index in [2.05, 4.69) is 0 Å². The molecule has 0 aliphatic heterocycles. The Balaban J connectivity index is 2.99. The van der Waals surface area contributed by atoms with E-state index in [1.165, 1.54) is 18.2 Å². The van der Waals surface area contributed by atoms with Crippen LogP contribution < -0.4 is 11.1 Å². The highest BCUT2D eigenvalue weighted by atomic mass is 35.5. The van der Waals surface area contributed by atoms with Crippen LogP contribution in [0.2, 0.25) is 10.0 Å². The van der Waals surface area contributed by atoms with Gasteiger partial charge in [-0.15, -0.1) is 0 Å². The fraction of sp³-hybridized carbons (Fsp3) is 0.300. The van der Waals surface area contributed by atoms with E-state index in [4.69, 9.17) is 28.9 Å². The van der Waals surface area contributed by atoms with Gasteiger partial charge in [0.1, 0.15) is 6.04 Å². The van der Waals surface area contributed by atoms with Crippen molar-refractivity contribution in [2.24, 2.45) is 5.73 Å². The third kappa shape index (κ3) is 4.04. The van der Waals surface area contributed by atoms with Crippen molar-refractivity contribution in [1.29, 1.82) is 0 Å². The molecule has 0 aliphatic rings. The Morgan fingerprint density at radius 3 is 2.50 bits per heavy atom. The van der Waals surface area contributed by atoms with E-state index in [-0.39, 0.29) is 15.6 Å². The Hall–Kier alpha value is -0.980. The average Bonchev–Trinajstić information content (AvgIpc) is 2.22. The zero-order valence-electron chi connectivity index (χ0n) is 8.89. The summed E-state index contributed by atoms with van der Waals surface area (Å²) in [5, 5.41) is 2.13. The molecule has 3 N–H and O–H groups in total. The van der Waals surface area contributed by atoms with Gasteiger partial charge in [0.05, 0.1) is 16.6 Å². The Morgan fingerprint density at radius 1 is 1.39 bits per heavy atom. The van der Waals surface area contributed by atoms with Crippen LogP contribution in [0.15, 0.2) is 18.2 Å². The van der Waals surface area contributed by atoms with E-state index in [0.29, 0.717) is 0 Å². The lowest BCUT2D eigenvalue weighted by Gasteiger charge is -2.18. The summed E-state index contributed by atoms with van der Waals surface area (Å²) < 4.78 is 36.3. The van der Waals surface area contributed by atoms with Gasteiger partial charge in [-0.3, -0.25) is 10.1 Å². The number of rotatable bonds is 4. The quantitative estimate of drug-likeness (QED) is 0.898. The van der Waals surface area contributed by atoms with Crippen LogP contribution in [0.3, 0.4) is 0 Å². The zero-order chi connectivity index (χ0) is 13.9. The number of halogens is 5. The van der Waals surface area contributed by atoms with Crippen LogP contribution >= 0.6 is 23.2 Å². The summed E-state index contributed by atoms with van der Waals surface area (Å²) in [5.74, 6) is -0.969. The molecule has 1 rings (SSSR count). The van der Waals surface area contributed by atoms with Crippen LogP contribution in [0.25, 0.3) is 0 Å². The summed E-state index contributed by atoms with van der Waals surface area (Å²) in [6.45, 7) is -1.36. The second-order valence-corrected chi connectivity index (χ2v) is 4.26. The SMILES string of the molecule is NC(=O)C(NCC(F)(F)F)c1cccc(Cl)c1Cl. The molecule has 1 atom stereocenters. The topological polar surface area (TPSA) is 55.1 Å². The number of nitrogens with one attached hydrogen (secondary N) is 1. The maximum atomic E-state index is 12.1. The number of carbonyl (C=O) groups is 1.